The molecule has 0 amide bonds. The third kappa shape index (κ3) is 1.40. The Bertz CT molecular complexity index is 693. The van der Waals surface area contributed by atoms with Crippen LogP contribution in [0.4, 0.5) is 26.3 Å². The van der Waals surface area contributed by atoms with E-state index in [1.165, 1.54) is 0 Å². The Kier molecular flexibility index (Phi) is 2.68. The van der Waals surface area contributed by atoms with Crippen molar-refractivity contribution in [2.24, 2.45) is 29.6 Å². The van der Waals surface area contributed by atoms with Gasteiger partial charge in [-0.15, -0.1) is 0 Å². The Morgan fingerprint density at radius 3 is 2.16 bits per heavy atom. The van der Waals surface area contributed by atoms with E-state index in [-0.39, 0.29) is 18.3 Å². The molecule has 0 aromatic rings. The van der Waals surface area contributed by atoms with Crippen LogP contribution >= 0.6 is 0 Å². The van der Waals surface area contributed by atoms with Crippen molar-refractivity contribution in [1.82, 2.24) is 0 Å². The van der Waals surface area contributed by atoms with E-state index >= 15 is 0 Å². The summed E-state index contributed by atoms with van der Waals surface area (Å²) in [6, 6.07) is 0. The van der Waals surface area contributed by atoms with Crippen LogP contribution in [-0.2, 0) is 9.53 Å². The number of halogens is 6. The molecule has 5 aliphatic carbocycles. The number of hydrogen-bond acceptors (Lipinski definition) is 2. The molecule has 0 aromatic carbocycles. The van der Waals surface area contributed by atoms with E-state index in [0.29, 0.717) is 6.42 Å². The Balaban J connectivity index is 1.38. The van der Waals surface area contributed by atoms with Crippen LogP contribution < -0.4 is 0 Å². The lowest BCUT2D eigenvalue weighted by atomic mass is 9.54. The average Bonchev–Trinajstić information content (AvgIpc) is 3.29. The first-order valence-electron chi connectivity index (χ1n) is 8.58. The maximum Gasteiger partial charge on any atom is 0.350 e. The zero-order valence-electron chi connectivity index (χ0n) is 13.0. The molecule has 2 nitrogen and oxygen atoms in total. The summed E-state index contributed by atoms with van der Waals surface area (Å²) in [5, 5.41) is 0. The number of rotatable bonds is 2. The third-order valence-electron chi connectivity index (χ3n) is 7.26. The van der Waals surface area contributed by atoms with E-state index in [1.54, 1.807) is 0 Å². The van der Waals surface area contributed by atoms with E-state index in [1.807, 2.05) is 12.2 Å². The fraction of sp³-hybridized carbons (Fsp3) is 0.824. The number of fused-ring (bicyclic) bond motifs is 7. The lowest BCUT2D eigenvalue weighted by Gasteiger charge is -2.61. The van der Waals surface area contributed by atoms with Gasteiger partial charge in [-0.3, -0.25) is 4.79 Å². The SMILES string of the molecule is O=C(OC1CC2CC1C1(F)C(F)(F)C(F)(F)C21F)C1CC2C=CC1C2. The molecule has 4 fully saturated rings. The van der Waals surface area contributed by atoms with E-state index < -0.39 is 59.4 Å². The summed E-state index contributed by atoms with van der Waals surface area (Å²) in [5.74, 6) is -14.1. The summed E-state index contributed by atoms with van der Waals surface area (Å²) in [6.45, 7) is 0. The van der Waals surface area contributed by atoms with Crippen molar-refractivity contribution in [3.05, 3.63) is 12.2 Å². The van der Waals surface area contributed by atoms with E-state index in [0.717, 1.165) is 6.42 Å². The van der Waals surface area contributed by atoms with Crippen LogP contribution in [0.2, 0.25) is 0 Å². The fourth-order valence-electron chi connectivity index (χ4n) is 6.07. The van der Waals surface area contributed by atoms with Gasteiger partial charge in [0, 0.05) is 11.8 Å². The van der Waals surface area contributed by atoms with Gasteiger partial charge in [-0.1, -0.05) is 12.2 Å². The lowest BCUT2D eigenvalue weighted by molar-refractivity contribution is -0.452. The van der Waals surface area contributed by atoms with Crippen molar-refractivity contribution in [3.8, 4) is 0 Å². The lowest BCUT2D eigenvalue weighted by Crippen LogP contribution is -2.88. The third-order valence-corrected chi connectivity index (χ3v) is 7.26. The predicted molar refractivity (Wildman–Crippen MR) is 72.5 cm³/mol. The van der Waals surface area contributed by atoms with Gasteiger partial charge in [-0.05, 0) is 37.5 Å². The number of carbonyl (C=O) groups excluding carboxylic acids is 1. The summed E-state index contributed by atoms with van der Waals surface area (Å²) in [5.41, 5.74) is -7.84. The van der Waals surface area contributed by atoms with Crippen molar-refractivity contribution in [2.75, 3.05) is 0 Å². The summed E-state index contributed by atoms with van der Waals surface area (Å²) in [7, 11) is 0. The first-order chi connectivity index (χ1) is 11.6. The molecule has 0 spiro atoms. The van der Waals surface area contributed by atoms with Gasteiger partial charge in [0.05, 0.1) is 5.92 Å². The van der Waals surface area contributed by atoms with Crippen LogP contribution in [0.15, 0.2) is 12.2 Å². The highest BCUT2D eigenvalue weighted by Gasteiger charge is 3.04. The molecule has 0 heterocycles. The molecule has 0 radical (unpaired) electrons. The molecule has 8 atom stereocenters. The van der Waals surface area contributed by atoms with Gasteiger partial charge in [0.1, 0.15) is 6.10 Å². The average molecular weight is 366 g/mol. The largest absolute Gasteiger partial charge is 0.462 e. The Hall–Kier alpha value is -1.21. The molecule has 0 aliphatic heterocycles. The molecule has 0 aromatic heterocycles. The minimum atomic E-state index is -5.09. The van der Waals surface area contributed by atoms with Gasteiger partial charge < -0.3 is 4.74 Å². The van der Waals surface area contributed by atoms with Gasteiger partial charge in [0.2, 0.25) is 11.3 Å². The van der Waals surface area contributed by atoms with Crippen LogP contribution in [0.3, 0.4) is 0 Å². The number of esters is 1. The molecule has 138 valence electrons. The smallest absolute Gasteiger partial charge is 0.350 e. The van der Waals surface area contributed by atoms with Crippen molar-refractivity contribution < 1.29 is 35.9 Å². The van der Waals surface area contributed by atoms with Crippen molar-refractivity contribution in [3.63, 3.8) is 0 Å². The first-order valence-corrected chi connectivity index (χ1v) is 8.58. The second kappa shape index (κ2) is 4.19. The summed E-state index contributed by atoms with van der Waals surface area (Å²) >= 11 is 0. The molecule has 8 heteroatoms. The number of hydrogen-bond donors (Lipinski definition) is 0. The van der Waals surface area contributed by atoms with Crippen LogP contribution in [0, 0.1) is 29.6 Å². The van der Waals surface area contributed by atoms with Crippen LogP contribution in [0.1, 0.15) is 25.7 Å². The quantitative estimate of drug-likeness (QED) is 0.422. The zero-order valence-corrected chi connectivity index (χ0v) is 13.0. The number of alkyl halides is 6. The van der Waals surface area contributed by atoms with E-state index in [4.69, 9.17) is 4.74 Å². The van der Waals surface area contributed by atoms with Crippen molar-refractivity contribution in [1.29, 1.82) is 0 Å². The number of allylic oxidation sites excluding steroid dienone is 2. The zero-order chi connectivity index (χ0) is 18.0. The first kappa shape index (κ1) is 16.0. The molecule has 0 saturated heterocycles. The molecule has 0 N–H and O–H groups in total. The molecule has 4 saturated carbocycles. The minimum absolute atomic E-state index is 0.0187. The van der Waals surface area contributed by atoms with Gasteiger partial charge in [-0.2, -0.15) is 17.6 Å². The molecule has 5 aliphatic rings. The Morgan fingerprint density at radius 2 is 1.56 bits per heavy atom. The fourth-order valence-corrected chi connectivity index (χ4v) is 6.07. The summed E-state index contributed by atoms with van der Waals surface area (Å²) in [6.07, 6.45) is 3.27. The second-order valence-corrected chi connectivity index (χ2v) is 8.21. The van der Waals surface area contributed by atoms with Crippen LogP contribution in [-0.4, -0.2) is 35.3 Å². The highest BCUT2D eigenvalue weighted by Crippen LogP contribution is 2.80. The van der Waals surface area contributed by atoms with Crippen LogP contribution in [0.5, 0.6) is 0 Å². The molecule has 5 rings (SSSR count). The Morgan fingerprint density at radius 1 is 0.880 bits per heavy atom. The van der Waals surface area contributed by atoms with E-state index in [9.17, 15) is 31.1 Å². The molecule has 8 unspecified atom stereocenters. The standard InChI is InChI=1S/C17H16F6O2/c18-14-9-5-11(15(14,19)17(22,23)16(14,20)21)12(6-9)25-13(24)10-4-7-1-2-8(10)3-7/h1-2,7-12H,3-6H2. The number of ether oxygens (including phenoxy) is 1. The number of carbonyl (C=O) groups is 1. The Labute approximate surface area is 139 Å². The van der Waals surface area contributed by atoms with Gasteiger partial charge >= 0.3 is 17.8 Å². The summed E-state index contributed by atoms with van der Waals surface area (Å²) < 4.78 is 89.5. The van der Waals surface area contributed by atoms with Crippen molar-refractivity contribution >= 4 is 5.97 Å². The molecule has 4 bridgehead atoms. The van der Waals surface area contributed by atoms with Gasteiger partial charge in [0.15, 0.2) is 0 Å². The maximum atomic E-state index is 14.9. The topological polar surface area (TPSA) is 26.3 Å². The van der Waals surface area contributed by atoms with E-state index in [2.05, 4.69) is 0 Å². The van der Waals surface area contributed by atoms with Crippen LogP contribution in [0.25, 0.3) is 0 Å². The predicted octanol–water partition coefficient (Wildman–Crippen LogP) is 3.85. The molecular weight excluding hydrogens is 350 g/mol. The van der Waals surface area contributed by atoms with Gasteiger partial charge in [0.25, 0.3) is 0 Å². The molecular formula is C17H16F6O2. The van der Waals surface area contributed by atoms with Gasteiger partial charge in [-0.25, -0.2) is 8.78 Å². The van der Waals surface area contributed by atoms with Crippen molar-refractivity contribution in [2.45, 2.75) is 55.0 Å². The monoisotopic (exact) mass is 366 g/mol. The highest BCUT2D eigenvalue weighted by atomic mass is 19.3. The maximum absolute atomic E-state index is 14.9. The minimum Gasteiger partial charge on any atom is -0.462 e. The normalized spacial score (nSPS) is 55.9. The highest BCUT2D eigenvalue weighted by molar-refractivity contribution is 5.74. The second-order valence-electron chi connectivity index (χ2n) is 8.21. The summed E-state index contributed by atoms with van der Waals surface area (Å²) in [4.78, 5) is 12.3. The molecule has 25 heavy (non-hydrogen) atoms.